The third-order valence-corrected chi connectivity index (χ3v) is 3.80. The van der Waals surface area contributed by atoms with Gasteiger partial charge in [-0.05, 0) is 35.4 Å². The number of pyridine rings is 1. The van der Waals surface area contributed by atoms with Crippen molar-refractivity contribution in [3.63, 3.8) is 0 Å². The first-order valence-corrected chi connectivity index (χ1v) is 7.49. The lowest BCUT2D eigenvalue weighted by Gasteiger charge is -2.06. The maximum absolute atomic E-state index is 6.06. The summed E-state index contributed by atoms with van der Waals surface area (Å²) in [6, 6.07) is 16.1. The molecule has 0 radical (unpaired) electrons. The molecule has 0 saturated heterocycles. The molecule has 0 aliphatic rings. The Morgan fingerprint density at radius 2 is 1.82 bits per heavy atom. The highest BCUT2D eigenvalue weighted by molar-refractivity contribution is 6.35. The topological polar surface area (TPSA) is 37.3 Å². The maximum Gasteiger partial charge on any atom is 0.165 e. The van der Waals surface area contributed by atoms with Gasteiger partial charge in [0.2, 0.25) is 0 Å². The van der Waals surface area contributed by atoms with Crippen LogP contribution in [0.4, 0.5) is 5.82 Å². The molecule has 0 bridgehead atoms. The molecule has 0 saturated carbocycles. The summed E-state index contributed by atoms with van der Waals surface area (Å²) in [5.41, 5.74) is 4.76. The molecule has 0 fully saturated rings. The highest BCUT2D eigenvalue weighted by atomic mass is 35.5. The van der Waals surface area contributed by atoms with Gasteiger partial charge in [0, 0.05) is 6.20 Å². The molecular formula is C17H13Cl2N3. The van der Waals surface area contributed by atoms with Crippen LogP contribution in [-0.2, 0) is 0 Å². The van der Waals surface area contributed by atoms with Crippen LogP contribution in [0.5, 0.6) is 0 Å². The number of fused-ring (bicyclic) bond motifs is 1. The minimum atomic E-state index is 0.433. The number of rotatable bonds is 3. The summed E-state index contributed by atoms with van der Waals surface area (Å²) in [6.07, 6.45) is 1.52. The minimum Gasteiger partial charge on any atom is -0.260 e. The van der Waals surface area contributed by atoms with E-state index in [-0.39, 0.29) is 0 Å². The zero-order valence-electron chi connectivity index (χ0n) is 11.8. The van der Waals surface area contributed by atoms with Crippen LogP contribution in [0.1, 0.15) is 12.5 Å². The molecule has 1 N–H and O–H groups in total. The van der Waals surface area contributed by atoms with Crippen LogP contribution in [0.15, 0.2) is 59.8 Å². The number of halogens is 2. The zero-order valence-corrected chi connectivity index (χ0v) is 13.4. The highest BCUT2D eigenvalue weighted by Crippen LogP contribution is 2.22. The van der Waals surface area contributed by atoms with Gasteiger partial charge < -0.3 is 0 Å². The monoisotopic (exact) mass is 329 g/mol. The summed E-state index contributed by atoms with van der Waals surface area (Å²) in [5.74, 6) is 0.478. The summed E-state index contributed by atoms with van der Waals surface area (Å²) in [4.78, 5) is 4.11. The Hall–Kier alpha value is -2.10. The molecule has 1 heterocycles. The van der Waals surface area contributed by atoms with Crippen molar-refractivity contribution >= 4 is 45.5 Å². The molecule has 3 aromatic rings. The van der Waals surface area contributed by atoms with Crippen molar-refractivity contribution in [1.82, 2.24) is 4.98 Å². The van der Waals surface area contributed by atoms with Crippen LogP contribution >= 0.6 is 23.2 Å². The zero-order chi connectivity index (χ0) is 15.5. The Balaban J connectivity index is 1.86. The number of nitrogens with one attached hydrogen (secondary N) is 1. The SMILES string of the molecule is C/C(=N/Nc1ncc(Cl)cc1Cl)c1ccc2ccccc2c1. The van der Waals surface area contributed by atoms with Crippen LogP contribution in [0, 0.1) is 0 Å². The second kappa shape index (κ2) is 6.34. The van der Waals surface area contributed by atoms with Crippen molar-refractivity contribution in [2.45, 2.75) is 6.92 Å². The summed E-state index contributed by atoms with van der Waals surface area (Å²) >= 11 is 11.9. The highest BCUT2D eigenvalue weighted by Gasteiger charge is 2.03. The van der Waals surface area contributed by atoms with Crippen molar-refractivity contribution in [1.29, 1.82) is 0 Å². The van der Waals surface area contributed by atoms with E-state index < -0.39 is 0 Å². The van der Waals surface area contributed by atoms with E-state index in [1.165, 1.54) is 17.0 Å². The lowest BCUT2D eigenvalue weighted by atomic mass is 10.0. The van der Waals surface area contributed by atoms with Gasteiger partial charge in [-0.1, -0.05) is 59.6 Å². The minimum absolute atomic E-state index is 0.433. The van der Waals surface area contributed by atoms with E-state index in [1.54, 1.807) is 6.07 Å². The molecule has 0 spiro atoms. The standard InChI is InChI=1S/C17H13Cl2N3/c1-11(21-22-17-16(19)9-15(18)10-20-17)13-7-6-12-4-2-3-5-14(12)8-13/h2-10H,1H3,(H,20,22)/b21-11-. The third kappa shape index (κ3) is 3.21. The molecule has 1 aromatic heterocycles. The molecule has 0 amide bonds. The van der Waals surface area contributed by atoms with Crippen molar-refractivity contribution < 1.29 is 0 Å². The van der Waals surface area contributed by atoms with Gasteiger partial charge in [0.1, 0.15) is 0 Å². The maximum atomic E-state index is 6.06. The number of nitrogens with zero attached hydrogens (tertiary/aromatic N) is 2. The number of anilines is 1. The fraction of sp³-hybridized carbons (Fsp3) is 0.0588. The predicted molar refractivity (Wildman–Crippen MR) is 94.0 cm³/mol. The molecule has 22 heavy (non-hydrogen) atoms. The molecule has 3 nitrogen and oxygen atoms in total. The van der Waals surface area contributed by atoms with Gasteiger partial charge in [-0.2, -0.15) is 5.10 Å². The van der Waals surface area contributed by atoms with Gasteiger partial charge >= 0.3 is 0 Å². The first-order chi connectivity index (χ1) is 10.6. The van der Waals surface area contributed by atoms with E-state index in [9.17, 15) is 0 Å². The fourth-order valence-corrected chi connectivity index (χ4v) is 2.53. The van der Waals surface area contributed by atoms with E-state index in [2.05, 4.69) is 39.8 Å². The van der Waals surface area contributed by atoms with Gasteiger partial charge in [-0.25, -0.2) is 4.98 Å². The fourth-order valence-electron chi connectivity index (χ4n) is 2.11. The molecule has 0 aliphatic heterocycles. The van der Waals surface area contributed by atoms with Crippen LogP contribution in [0.25, 0.3) is 10.8 Å². The van der Waals surface area contributed by atoms with Crippen molar-refractivity contribution in [3.05, 3.63) is 70.3 Å². The van der Waals surface area contributed by atoms with E-state index in [0.29, 0.717) is 15.9 Å². The molecule has 3 rings (SSSR count). The van der Waals surface area contributed by atoms with Crippen LogP contribution < -0.4 is 5.43 Å². The first kappa shape index (κ1) is 14.8. The summed E-state index contributed by atoms with van der Waals surface area (Å²) in [6.45, 7) is 1.93. The van der Waals surface area contributed by atoms with E-state index >= 15 is 0 Å². The molecule has 5 heteroatoms. The Morgan fingerprint density at radius 3 is 2.59 bits per heavy atom. The number of hydrogen-bond donors (Lipinski definition) is 1. The van der Waals surface area contributed by atoms with E-state index in [1.807, 2.05) is 25.1 Å². The molecular weight excluding hydrogens is 317 g/mol. The lowest BCUT2D eigenvalue weighted by Crippen LogP contribution is -2.01. The smallest absolute Gasteiger partial charge is 0.165 e. The van der Waals surface area contributed by atoms with Crippen LogP contribution in [0.2, 0.25) is 10.0 Å². The predicted octanol–water partition coefficient (Wildman–Crippen LogP) is 5.38. The number of aromatic nitrogens is 1. The average molecular weight is 330 g/mol. The van der Waals surface area contributed by atoms with E-state index in [4.69, 9.17) is 23.2 Å². The van der Waals surface area contributed by atoms with Gasteiger partial charge in [0.15, 0.2) is 5.82 Å². The Bertz CT molecular complexity index is 859. The second-order valence-corrected chi connectivity index (χ2v) is 5.70. The van der Waals surface area contributed by atoms with Gasteiger partial charge in [0.05, 0.1) is 15.8 Å². The first-order valence-electron chi connectivity index (χ1n) is 6.74. The van der Waals surface area contributed by atoms with Crippen molar-refractivity contribution in [2.24, 2.45) is 5.10 Å². The quantitative estimate of drug-likeness (QED) is 0.517. The Labute approximate surface area is 138 Å². The second-order valence-electron chi connectivity index (χ2n) is 4.85. The summed E-state index contributed by atoms with van der Waals surface area (Å²) < 4.78 is 0. The van der Waals surface area contributed by atoms with Crippen LogP contribution in [0.3, 0.4) is 0 Å². The average Bonchev–Trinajstić information content (AvgIpc) is 2.53. The third-order valence-electron chi connectivity index (χ3n) is 3.30. The van der Waals surface area contributed by atoms with Crippen LogP contribution in [-0.4, -0.2) is 10.7 Å². The Morgan fingerprint density at radius 1 is 1.05 bits per heavy atom. The van der Waals surface area contributed by atoms with Gasteiger partial charge in [0.25, 0.3) is 0 Å². The number of benzene rings is 2. The molecule has 0 atom stereocenters. The molecule has 2 aromatic carbocycles. The number of hydrogen-bond acceptors (Lipinski definition) is 3. The molecule has 0 aliphatic carbocycles. The van der Waals surface area contributed by atoms with Gasteiger partial charge in [-0.3, -0.25) is 5.43 Å². The molecule has 0 unspecified atom stereocenters. The van der Waals surface area contributed by atoms with Crippen molar-refractivity contribution in [2.75, 3.05) is 5.43 Å². The van der Waals surface area contributed by atoms with E-state index in [0.717, 1.165) is 11.3 Å². The van der Waals surface area contributed by atoms with Gasteiger partial charge in [-0.15, -0.1) is 0 Å². The summed E-state index contributed by atoms with van der Waals surface area (Å²) in [5, 5.41) is 7.64. The van der Waals surface area contributed by atoms with Crippen molar-refractivity contribution in [3.8, 4) is 0 Å². The normalized spacial score (nSPS) is 11.7. The molecule has 110 valence electrons. The summed E-state index contributed by atoms with van der Waals surface area (Å²) in [7, 11) is 0. The lowest BCUT2D eigenvalue weighted by molar-refractivity contribution is 1.22. The largest absolute Gasteiger partial charge is 0.260 e. The number of hydrazone groups is 1. The Kier molecular flexibility index (Phi) is 4.27.